The number of hydrogen-bond acceptors (Lipinski definition) is 6. The van der Waals surface area contributed by atoms with Crippen LogP contribution in [0.25, 0.3) is 11.0 Å². The van der Waals surface area contributed by atoms with Crippen LogP contribution in [0.1, 0.15) is 6.92 Å². The van der Waals surface area contributed by atoms with Crippen LogP contribution < -0.4 is 10.5 Å². The fourth-order valence-corrected chi connectivity index (χ4v) is 4.77. The number of carbonyl (C=O) groups is 1. The molecule has 7 nitrogen and oxygen atoms in total. The molecule has 1 amide bonds. The number of imidazole rings is 1. The molecular weight excluding hydrogens is 454 g/mol. The van der Waals surface area contributed by atoms with E-state index in [0.717, 1.165) is 11.8 Å². The number of amides is 1. The number of aryl methyl sites for hydroxylation is 1. The summed E-state index contributed by atoms with van der Waals surface area (Å²) in [5.41, 5.74) is 1.48. The second-order valence-electron chi connectivity index (χ2n) is 6.05. The number of nitrogens with zero attached hydrogens (tertiary/aromatic N) is 2. The Labute approximate surface area is 180 Å². The number of nitrogens with one attached hydrogen (secondary N) is 1. The maximum atomic E-state index is 12.7. The molecule has 0 radical (unpaired) electrons. The molecule has 0 spiro atoms. The van der Waals surface area contributed by atoms with Crippen molar-refractivity contribution in [3.05, 3.63) is 42.5 Å². The predicted octanol–water partition coefficient (Wildman–Crippen LogP) is 3.75. The van der Waals surface area contributed by atoms with Gasteiger partial charge in [0.05, 0.1) is 27.4 Å². The molecule has 0 aliphatic heterocycles. The van der Waals surface area contributed by atoms with E-state index in [-0.39, 0.29) is 21.5 Å². The summed E-state index contributed by atoms with van der Waals surface area (Å²) in [6, 6.07) is 10.8. The summed E-state index contributed by atoms with van der Waals surface area (Å²) in [5.74, 6) is -2.97. The largest absolute Gasteiger partial charge is 0.324 e. The van der Waals surface area contributed by atoms with Crippen LogP contribution in [0.5, 0.6) is 0 Å². The maximum Gasteiger partial charge on any atom is 0.288 e. The first-order valence-electron chi connectivity index (χ1n) is 8.68. The lowest BCUT2D eigenvalue weighted by atomic mass is 10.3. The number of para-hydroxylation sites is 1. The molecule has 0 unspecified atom stereocenters. The quantitative estimate of drug-likeness (QED) is 0.484. The number of benzene rings is 2. The summed E-state index contributed by atoms with van der Waals surface area (Å²) >= 11 is 1.53. The van der Waals surface area contributed by atoms with E-state index in [4.69, 9.17) is 5.14 Å². The van der Waals surface area contributed by atoms with E-state index in [1.165, 1.54) is 18.2 Å². The average molecular weight is 473 g/mol. The smallest absolute Gasteiger partial charge is 0.288 e. The van der Waals surface area contributed by atoms with Gasteiger partial charge in [-0.05, 0) is 37.3 Å². The second kappa shape index (κ2) is 9.33. The lowest BCUT2D eigenvalue weighted by Crippen LogP contribution is -2.15. The molecule has 1 aromatic heterocycles. The van der Waals surface area contributed by atoms with Gasteiger partial charge < -0.3 is 9.88 Å². The van der Waals surface area contributed by atoms with Gasteiger partial charge in [-0.25, -0.2) is 18.5 Å². The molecule has 1 heterocycles. The molecule has 0 aliphatic rings. The third kappa shape index (κ3) is 5.31. The van der Waals surface area contributed by atoms with E-state index in [1.807, 2.05) is 11.5 Å². The summed E-state index contributed by atoms with van der Waals surface area (Å²) in [5, 5.41) is 8.34. The topological polar surface area (TPSA) is 107 Å². The van der Waals surface area contributed by atoms with Gasteiger partial charge in [-0.1, -0.05) is 35.7 Å². The third-order valence-electron chi connectivity index (χ3n) is 4.04. The van der Waals surface area contributed by atoms with E-state index in [9.17, 15) is 22.0 Å². The zero-order valence-corrected chi connectivity index (χ0v) is 18.2. The number of nitrogens with two attached hydrogens (primary N) is 1. The Balaban J connectivity index is 1.76. The Kier molecular flexibility index (Phi) is 7.01. The van der Waals surface area contributed by atoms with Gasteiger partial charge in [-0.3, -0.25) is 4.79 Å². The van der Waals surface area contributed by atoms with Crippen LogP contribution in [-0.4, -0.2) is 35.4 Å². The van der Waals surface area contributed by atoms with Crippen LogP contribution in [0, 0.1) is 0 Å². The molecule has 0 fully saturated rings. The number of alkyl halides is 2. The van der Waals surface area contributed by atoms with Gasteiger partial charge in [0.15, 0.2) is 5.16 Å². The van der Waals surface area contributed by atoms with Crippen molar-refractivity contribution >= 4 is 56.2 Å². The number of anilines is 1. The van der Waals surface area contributed by atoms with Crippen molar-refractivity contribution in [3.8, 4) is 0 Å². The molecule has 160 valence electrons. The summed E-state index contributed by atoms with van der Waals surface area (Å²) in [6.45, 7) is 2.46. The molecule has 0 saturated carbocycles. The molecule has 30 heavy (non-hydrogen) atoms. The Morgan fingerprint density at radius 2 is 2.00 bits per heavy atom. The summed E-state index contributed by atoms with van der Waals surface area (Å²) in [6.07, 6.45) is 0. The Morgan fingerprint density at radius 1 is 1.27 bits per heavy atom. The number of rotatable bonds is 8. The van der Waals surface area contributed by atoms with Crippen LogP contribution in [0.3, 0.4) is 0 Å². The van der Waals surface area contributed by atoms with Gasteiger partial charge >= 0.3 is 0 Å². The van der Waals surface area contributed by atoms with E-state index >= 15 is 0 Å². The van der Waals surface area contributed by atoms with Crippen molar-refractivity contribution in [2.75, 3.05) is 11.1 Å². The van der Waals surface area contributed by atoms with Gasteiger partial charge in [0, 0.05) is 11.4 Å². The Bertz CT molecular complexity index is 1180. The van der Waals surface area contributed by atoms with Crippen molar-refractivity contribution in [1.29, 1.82) is 0 Å². The fourth-order valence-electron chi connectivity index (χ4n) is 2.77. The van der Waals surface area contributed by atoms with E-state index in [2.05, 4.69) is 10.3 Å². The predicted molar refractivity (Wildman–Crippen MR) is 114 cm³/mol. The molecule has 0 saturated heterocycles. The van der Waals surface area contributed by atoms with Gasteiger partial charge in [0.2, 0.25) is 15.9 Å². The number of carbonyl (C=O) groups excluding carboxylic acids is 1. The molecule has 3 rings (SSSR count). The monoisotopic (exact) mass is 472 g/mol. The number of fused-ring (bicyclic) bond motifs is 1. The summed E-state index contributed by atoms with van der Waals surface area (Å²) in [7, 11) is -3.85. The Morgan fingerprint density at radius 3 is 2.67 bits per heavy atom. The van der Waals surface area contributed by atoms with Crippen molar-refractivity contribution in [2.24, 2.45) is 5.14 Å². The molecule has 12 heteroatoms. The van der Waals surface area contributed by atoms with Crippen LogP contribution in [0.2, 0.25) is 0 Å². The molecule has 0 aliphatic carbocycles. The summed E-state index contributed by atoms with van der Waals surface area (Å²) in [4.78, 5) is 17.0. The normalized spacial score (nSPS) is 11.9. The fraction of sp³-hybridized carbons (Fsp3) is 0.222. The highest BCUT2D eigenvalue weighted by atomic mass is 32.2. The minimum Gasteiger partial charge on any atom is -0.324 e. The highest BCUT2D eigenvalue weighted by molar-refractivity contribution is 8.00. The van der Waals surface area contributed by atoms with Crippen molar-refractivity contribution < 1.29 is 22.0 Å². The molecule has 3 aromatic rings. The van der Waals surface area contributed by atoms with Crippen LogP contribution in [-0.2, 0) is 21.4 Å². The van der Waals surface area contributed by atoms with Crippen molar-refractivity contribution in [3.63, 3.8) is 0 Å². The number of primary sulfonamides is 1. The van der Waals surface area contributed by atoms with Gasteiger partial charge in [-0.2, -0.15) is 8.78 Å². The minimum atomic E-state index is -3.85. The second-order valence-corrected chi connectivity index (χ2v) is 9.58. The van der Waals surface area contributed by atoms with Crippen LogP contribution in [0.4, 0.5) is 14.5 Å². The minimum absolute atomic E-state index is 0.000946. The molecule has 3 N–H and O–H groups in total. The highest BCUT2D eigenvalue weighted by Gasteiger charge is 2.16. The van der Waals surface area contributed by atoms with Gasteiger partial charge in [-0.15, -0.1) is 0 Å². The molecule has 0 bridgehead atoms. The van der Waals surface area contributed by atoms with E-state index in [1.54, 1.807) is 24.3 Å². The number of halogens is 2. The number of aromatic nitrogens is 2. The first-order valence-corrected chi connectivity index (χ1v) is 12.1. The maximum absolute atomic E-state index is 12.7. The molecular formula is C18H18F2N4O3S3. The standard InChI is InChI=1S/C18H18F2N4O3S3/c1-2-24-14-8-7-11(30(21,26)27)9-13(14)23-18(24)28-10-16(25)22-12-5-3-4-6-15(12)29-17(19)20/h3-9,17H,2,10H2,1H3,(H,22,25)(H2,21,26,27). The molecule has 0 atom stereocenters. The number of sulfonamides is 1. The van der Waals surface area contributed by atoms with Crippen LogP contribution >= 0.6 is 23.5 Å². The molecule has 2 aromatic carbocycles. The van der Waals surface area contributed by atoms with Gasteiger partial charge in [0.1, 0.15) is 0 Å². The number of thioether (sulfide) groups is 2. The zero-order valence-electron chi connectivity index (χ0n) is 15.7. The van der Waals surface area contributed by atoms with Crippen LogP contribution in [0.15, 0.2) is 57.4 Å². The Hall–Kier alpha value is -2.15. The number of hydrogen-bond donors (Lipinski definition) is 2. The summed E-state index contributed by atoms with van der Waals surface area (Å²) < 4.78 is 50.3. The highest BCUT2D eigenvalue weighted by Crippen LogP contribution is 2.32. The van der Waals surface area contributed by atoms with Crippen molar-refractivity contribution in [1.82, 2.24) is 9.55 Å². The SMILES string of the molecule is CCn1c(SCC(=O)Nc2ccccc2SC(F)F)nc2cc(S(N)(=O)=O)ccc21. The van der Waals surface area contributed by atoms with Crippen molar-refractivity contribution in [2.45, 2.75) is 34.2 Å². The lowest BCUT2D eigenvalue weighted by Gasteiger charge is -2.10. The first kappa shape index (κ1) is 22.5. The lowest BCUT2D eigenvalue weighted by molar-refractivity contribution is -0.113. The zero-order chi connectivity index (χ0) is 21.9. The van der Waals surface area contributed by atoms with E-state index < -0.39 is 15.8 Å². The van der Waals surface area contributed by atoms with Gasteiger partial charge in [0.25, 0.3) is 5.76 Å². The average Bonchev–Trinajstić information content (AvgIpc) is 3.03. The van der Waals surface area contributed by atoms with E-state index in [0.29, 0.717) is 40.2 Å². The third-order valence-corrected chi connectivity index (χ3v) is 6.71. The first-order chi connectivity index (χ1) is 14.2.